The first-order valence-corrected chi connectivity index (χ1v) is 4.25. The fourth-order valence-corrected chi connectivity index (χ4v) is 1.17. The Balaban J connectivity index is 3.01. The van der Waals surface area contributed by atoms with Crippen LogP contribution in [0.3, 0.4) is 0 Å². The summed E-state index contributed by atoms with van der Waals surface area (Å²) in [4.78, 5) is 0. The van der Waals surface area contributed by atoms with E-state index in [4.69, 9.17) is 11.0 Å². The van der Waals surface area contributed by atoms with E-state index < -0.39 is 5.82 Å². The lowest BCUT2D eigenvalue weighted by molar-refractivity contribution is 0.621. The second-order valence-corrected chi connectivity index (χ2v) is 2.98. The van der Waals surface area contributed by atoms with Gasteiger partial charge in [-0.15, -0.1) is 6.58 Å². The van der Waals surface area contributed by atoms with E-state index in [1.54, 1.807) is 18.2 Å². The second kappa shape index (κ2) is 4.54. The zero-order valence-corrected chi connectivity index (χ0v) is 7.70. The highest BCUT2D eigenvalue weighted by molar-refractivity contribution is 5.35. The average Bonchev–Trinajstić information content (AvgIpc) is 2.19. The molecule has 2 nitrogen and oxygen atoms in total. The highest BCUT2D eigenvalue weighted by Gasteiger charge is 2.07. The van der Waals surface area contributed by atoms with E-state index in [1.807, 2.05) is 0 Å². The van der Waals surface area contributed by atoms with Gasteiger partial charge in [-0.05, 0) is 24.1 Å². The van der Waals surface area contributed by atoms with Gasteiger partial charge in [0.05, 0.1) is 5.56 Å². The molecule has 0 aliphatic rings. The van der Waals surface area contributed by atoms with Crippen LogP contribution in [-0.4, -0.2) is 0 Å². The van der Waals surface area contributed by atoms with E-state index in [2.05, 4.69) is 6.58 Å². The molecule has 1 atom stereocenters. The zero-order valence-electron chi connectivity index (χ0n) is 7.70. The highest BCUT2D eigenvalue weighted by Crippen LogP contribution is 2.17. The van der Waals surface area contributed by atoms with Crippen molar-refractivity contribution in [3.63, 3.8) is 0 Å². The van der Waals surface area contributed by atoms with Crippen LogP contribution in [-0.2, 0) is 0 Å². The molecule has 0 radical (unpaired) electrons. The molecule has 0 saturated heterocycles. The summed E-state index contributed by atoms with van der Waals surface area (Å²) in [5.41, 5.74) is 6.56. The van der Waals surface area contributed by atoms with Gasteiger partial charge in [0.15, 0.2) is 0 Å². The lowest BCUT2D eigenvalue weighted by atomic mass is 10.0. The fraction of sp³-hybridized carbons (Fsp3) is 0.182. The number of nitrogens with two attached hydrogens (primary N) is 1. The molecule has 0 fully saturated rings. The Morgan fingerprint density at radius 3 is 2.93 bits per heavy atom. The Hall–Kier alpha value is -1.66. The molecule has 0 aliphatic heterocycles. The van der Waals surface area contributed by atoms with Crippen LogP contribution < -0.4 is 5.73 Å². The molecule has 0 amide bonds. The summed E-state index contributed by atoms with van der Waals surface area (Å²) in [5.74, 6) is -0.512. The van der Waals surface area contributed by atoms with Crippen LogP contribution in [0.15, 0.2) is 30.9 Å². The lowest BCUT2D eigenvalue weighted by Gasteiger charge is -2.09. The molecule has 1 rings (SSSR count). The molecular formula is C11H11FN2. The molecule has 14 heavy (non-hydrogen) atoms. The van der Waals surface area contributed by atoms with E-state index in [0.717, 1.165) is 5.56 Å². The third-order valence-corrected chi connectivity index (χ3v) is 1.96. The Morgan fingerprint density at radius 2 is 2.36 bits per heavy atom. The van der Waals surface area contributed by atoms with Gasteiger partial charge >= 0.3 is 0 Å². The predicted octanol–water partition coefficient (Wildman–Crippen LogP) is 2.27. The molecule has 1 aromatic rings. The van der Waals surface area contributed by atoms with Crippen molar-refractivity contribution in [2.75, 3.05) is 0 Å². The van der Waals surface area contributed by atoms with Crippen LogP contribution in [0.2, 0.25) is 0 Å². The average molecular weight is 190 g/mol. The molecule has 0 aliphatic carbocycles. The molecule has 0 aromatic heterocycles. The van der Waals surface area contributed by atoms with E-state index in [1.165, 1.54) is 12.1 Å². The fourth-order valence-electron chi connectivity index (χ4n) is 1.17. The van der Waals surface area contributed by atoms with Gasteiger partial charge in [0.1, 0.15) is 11.9 Å². The topological polar surface area (TPSA) is 49.8 Å². The molecule has 0 unspecified atom stereocenters. The summed E-state index contributed by atoms with van der Waals surface area (Å²) in [6, 6.07) is 5.88. The molecule has 3 heteroatoms. The van der Waals surface area contributed by atoms with E-state index in [-0.39, 0.29) is 11.6 Å². The summed E-state index contributed by atoms with van der Waals surface area (Å²) < 4.78 is 12.9. The van der Waals surface area contributed by atoms with Gasteiger partial charge in [-0.3, -0.25) is 0 Å². The van der Waals surface area contributed by atoms with Crippen molar-refractivity contribution in [2.45, 2.75) is 12.5 Å². The third kappa shape index (κ3) is 2.18. The van der Waals surface area contributed by atoms with Gasteiger partial charge in [-0.2, -0.15) is 5.26 Å². The number of rotatable bonds is 3. The smallest absolute Gasteiger partial charge is 0.140 e. The van der Waals surface area contributed by atoms with Gasteiger partial charge in [-0.25, -0.2) is 4.39 Å². The summed E-state index contributed by atoms with van der Waals surface area (Å²) in [6.07, 6.45) is 2.30. The summed E-state index contributed by atoms with van der Waals surface area (Å²) in [6.45, 7) is 3.57. The first-order chi connectivity index (χ1) is 6.69. The van der Waals surface area contributed by atoms with Crippen LogP contribution in [0.4, 0.5) is 4.39 Å². The van der Waals surface area contributed by atoms with Crippen LogP contribution >= 0.6 is 0 Å². The Morgan fingerprint density at radius 1 is 1.64 bits per heavy atom. The van der Waals surface area contributed by atoms with E-state index in [9.17, 15) is 4.39 Å². The van der Waals surface area contributed by atoms with Crippen molar-refractivity contribution in [3.8, 4) is 6.07 Å². The SMILES string of the molecule is C=CC[C@@H](N)c1ccc(F)c(C#N)c1. The van der Waals surface area contributed by atoms with Crippen LogP contribution in [0, 0.1) is 17.1 Å². The second-order valence-electron chi connectivity index (χ2n) is 2.98. The maximum atomic E-state index is 12.9. The lowest BCUT2D eigenvalue weighted by Crippen LogP contribution is -2.09. The van der Waals surface area contributed by atoms with Gasteiger partial charge in [-0.1, -0.05) is 12.1 Å². The minimum atomic E-state index is -0.512. The van der Waals surface area contributed by atoms with Crippen LogP contribution in [0.5, 0.6) is 0 Å². The third-order valence-electron chi connectivity index (χ3n) is 1.96. The number of hydrogen-bond donors (Lipinski definition) is 1. The number of hydrogen-bond acceptors (Lipinski definition) is 2. The minimum absolute atomic E-state index is 0.0296. The summed E-state index contributed by atoms with van der Waals surface area (Å²) in [5, 5.41) is 8.60. The van der Waals surface area contributed by atoms with Gasteiger partial charge < -0.3 is 5.73 Å². The van der Waals surface area contributed by atoms with Gasteiger partial charge in [0.2, 0.25) is 0 Å². The number of nitrogens with zero attached hydrogens (tertiary/aromatic N) is 1. The first-order valence-electron chi connectivity index (χ1n) is 4.25. The van der Waals surface area contributed by atoms with Crippen molar-refractivity contribution < 1.29 is 4.39 Å². The van der Waals surface area contributed by atoms with Crippen molar-refractivity contribution in [1.82, 2.24) is 0 Å². The molecule has 0 heterocycles. The van der Waals surface area contributed by atoms with Gasteiger partial charge in [0, 0.05) is 6.04 Å². The van der Waals surface area contributed by atoms with Crippen molar-refractivity contribution in [1.29, 1.82) is 5.26 Å². The van der Waals surface area contributed by atoms with Gasteiger partial charge in [0.25, 0.3) is 0 Å². The molecule has 2 N–H and O–H groups in total. The van der Waals surface area contributed by atoms with Crippen molar-refractivity contribution in [2.24, 2.45) is 5.73 Å². The minimum Gasteiger partial charge on any atom is -0.324 e. The standard InChI is InChI=1S/C11H11FN2/c1-2-3-11(14)8-4-5-10(12)9(6-8)7-13/h2,4-6,11H,1,3,14H2/t11-/m1/s1. The predicted molar refractivity (Wildman–Crippen MR) is 52.9 cm³/mol. The van der Waals surface area contributed by atoms with Crippen molar-refractivity contribution in [3.05, 3.63) is 47.8 Å². The summed E-state index contributed by atoms with van der Waals surface area (Å²) in [7, 11) is 0. The maximum Gasteiger partial charge on any atom is 0.140 e. The molecule has 1 aromatic carbocycles. The molecule has 0 spiro atoms. The first kappa shape index (κ1) is 10.4. The van der Waals surface area contributed by atoms with E-state index in [0.29, 0.717) is 6.42 Å². The van der Waals surface area contributed by atoms with Crippen LogP contribution in [0.25, 0.3) is 0 Å². The Bertz CT molecular complexity index is 379. The number of benzene rings is 1. The zero-order chi connectivity index (χ0) is 10.6. The molecule has 0 bridgehead atoms. The largest absolute Gasteiger partial charge is 0.324 e. The number of halogens is 1. The normalized spacial score (nSPS) is 11.8. The van der Waals surface area contributed by atoms with Crippen LogP contribution in [0.1, 0.15) is 23.6 Å². The number of nitriles is 1. The summed E-state index contributed by atoms with van der Waals surface area (Å²) >= 11 is 0. The highest BCUT2D eigenvalue weighted by atomic mass is 19.1. The van der Waals surface area contributed by atoms with Crippen molar-refractivity contribution >= 4 is 0 Å². The Labute approximate surface area is 82.5 Å². The molecule has 0 saturated carbocycles. The maximum absolute atomic E-state index is 12.9. The van der Waals surface area contributed by atoms with E-state index >= 15 is 0 Å². The monoisotopic (exact) mass is 190 g/mol. The quantitative estimate of drug-likeness (QED) is 0.743. The molecular weight excluding hydrogens is 179 g/mol. The Kier molecular flexibility index (Phi) is 3.38. The molecule has 72 valence electrons.